The van der Waals surface area contributed by atoms with Crippen LogP contribution in [0.4, 0.5) is 5.69 Å². The van der Waals surface area contributed by atoms with Gasteiger partial charge in [-0.3, -0.25) is 0 Å². The summed E-state index contributed by atoms with van der Waals surface area (Å²) in [4.78, 5) is 0. The van der Waals surface area contributed by atoms with Crippen LogP contribution in [0.1, 0.15) is 17.4 Å². The number of hydrogen-bond donors (Lipinski definition) is 1. The van der Waals surface area contributed by atoms with Crippen LogP contribution in [0.15, 0.2) is 45.5 Å². The zero-order valence-electron chi connectivity index (χ0n) is 8.03. The Morgan fingerprint density at radius 2 is 2.13 bits per heavy atom. The van der Waals surface area contributed by atoms with Gasteiger partial charge in [0.2, 0.25) is 0 Å². The van der Waals surface area contributed by atoms with Gasteiger partial charge in [-0.2, -0.15) is 0 Å². The Kier molecular flexibility index (Phi) is 2.06. The van der Waals surface area contributed by atoms with E-state index in [1.54, 1.807) is 6.26 Å². The molecule has 0 radical (unpaired) electrons. The molecule has 0 amide bonds. The quantitative estimate of drug-likeness (QED) is 0.848. The van der Waals surface area contributed by atoms with E-state index >= 15 is 0 Å². The molecule has 15 heavy (non-hydrogen) atoms. The summed E-state index contributed by atoms with van der Waals surface area (Å²) < 4.78 is 6.51. The molecule has 2 nitrogen and oxygen atoms in total. The maximum absolute atomic E-state index is 5.47. The first kappa shape index (κ1) is 9.04. The smallest absolute Gasteiger partial charge is 0.140 e. The van der Waals surface area contributed by atoms with Crippen molar-refractivity contribution in [2.75, 3.05) is 5.32 Å². The van der Waals surface area contributed by atoms with Gasteiger partial charge >= 0.3 is 0 Å². The number of hydrogen-bond acceptors (Lipinski definition) is 2. The standard InChI is InChI=1S/C12H10BrNO/c13-9-5-6-15-12(9)11-7-8-3-1-2-4-10(8)14-11/h1-6,11,14H,7H2. The van der Waals surface area contributed by atoms with E-state index in [0.29, 0.717) is 0 Å². The molecule has 0 aliphatic carbocycles. The SMILES string of the molecule is Brc1ccoc1C1Cc2ccccc2N1. The minimum absolute atomic E-state index is 0.256. The maximum atomic E-state index is 5.47. The number of benzene rings is 1. The zero-order valence-corrected chi connectivity index (χ0v) is 9.62. The first-order valence-corrected chi connectivity index (χ1v) is 5.71. The van der Waals surface area contributed by atoms with Gasteiger partial charge in [-0.05, 0) is 33.6 Å². The molecule has 1 aromatic carbocycles. The lowest BCUT2D eigenvalue weighted by Gasteiger charge is -2.08. The Bertz CT molecular complexity index is 467. The van der Waals surface area contributed by atoms with Crippen LogP contribution >= 0.6 is 15.9 Å². The molecule has 0 saturated carbocycles. The molecule has 1 aliphatic rings. The fourth-order valence-corrected chi connectivity index (χ4v) is 2.49. The van der Waals surface area contributed by atoms with Crippen LogP contribution < -0.4 is 5.32 Å². The first-order valence-electron chi connectivity index (χ1n) is 4.92. The summed E-state index contributed by atoms with van der Waals surface area (Å²) in [7, 11) is 0. The predicted octanol–water partition coefficient (Wildman–Crippen LogP) is 3.75. The summed E-state index contributed by atoms with van der Waals surface area (Å²) in [6.07, 6.45) is 2.70. The summed E-state index contributed by atoms with van der Waals surface area (Å²) in [6, 6.07) is 10.6. The number of anilines is 1. The third-order valence-corrected chi connectivity index (χ3v) is 3.39. The molecule has 3 heteroatoms. The number of furan rings is 1. The van der Waals surface area contributed by atoms with Gasteiger partial charge in [-0.1, -0.05) is 18.2 Å². The molecule has 2 aromatic rings. The lowest BCUT2D eigenvalue weighted by Crippen LogP contribution is -2.04. The normalized spacial score (nSPS) is 18.6. The number of rotatable bonds is 1. The molecule has 1 aromatic heterocycles. The van der Waals surface area contributed by atoms with Gasteiger partial charge in [0.25, 0.3) is 0 Å². The van der Waals surface area contributed by atoms with Crippen LogP contribution in [-0.4, -0.2) is 0 Å². The fourth-order valence-electron chi connectivity index (χ4n) is 2.01. The number of nitrogens with one attached hydrogen (secondary N) is 1. The second kappa shape index (κ2) is 3.42. The average Bonchev–Trinajstić information content (AvgIpc) is 2.82. The van der Waals surface area contributed by atoms with Crippen molar-refractivity contribution in [1.82, 2.24) is 0 Å². The van der Waals surface area contributed by atoms with E-state index in [2.05, 4.69) is 39.4 Å². The molecule has 0 bridgehead atoms. The predicted molar refractivity (Wildman–Crippen MR) is 62.9 cm³/mol. The minimum atomic E-state index is 0.256. The summed E-state index contributed by atoms with van der Waals surface area (Å²) in [6.45, 7) is 0. The highest BCUT2D eigenvalue weighted by atomic mass is 79.9. The van der Waals surface area contributed by atoms with Gasteiger partial charge in [0.1, 0.15) is 5.76 Å². The molecule has 0 saturated heterocycles. The van der Waals surface area contributed by atoms with Crippen molar-refractivity contribution in [2.24, 2.45) is 0 Å². The van der Waals surface area contributed by atoms with Crippen LogP contribution in [0.2, 0.25) is 0 Å². The van der Waals surface area contributed by atoms with Crippen LogP contribution in [0.3, 0.4) is 0 Å². The third-order valence-electron chi connectivity index (χ3n) is 2.73. The van der Waals surface area contributed by atoms with Gasteiger partial charge in [0.15, 0.2) is 0 Å². The van der Waals surface area contributed by atoms with Gasteiger partial charge in [0.05, 0.1) is 16.8 Å². The zero-order chi connectivity index (χ0) is 10.3. The summed E-state index contributed by atoms with van der Waals surface area (Å²) in [5.41, 5.74) is 2.57. The van der Waals surface area contributed by atoms with E-state index in [9.17, 15) is 0 Å². The third kappa shape index (κ3) is 1.47. The van der Waals surface area contributed by atoms with E-state index in [1.807, 2.05) is 12.1 Å². The van der Waals surface area contributed by atoms with Gasteiger partial charge < -0.3 is 9.73 Å². The molecule has 3 rings (SSSR count). The molecule has 1 aliphatic heterocycles. The topological polar surface area (TPSA) is 25.2 Å². The monoisotopic (exact) mass is 263 g/mol. The number of fused-ring (bicyclic) bond motifs is 1. The highest BCUT2D eigenvalue weighted by Crippen LogP contribution is 2.36. The molecule has 0 fully saturated rings. The van der Waals surface area contributed by atoms with Crippen molar-refractivity contribution in [2.45, 2.75) is 12.5 Å². The lowest BCUT2D eigenvalue weighted by molar-refractivity contribution is 0.481. The van der Waals surface area contributed by atoms with E-state index in [0.717, 1.165) is 16.7 Å². The van der Waals surface area contributed by atoms with Gasteiger partial charge in [0, 0.05) is 12.1 Å². The summed E-state index contributed by atoms with van der Waals surface area (Å²) in [5.74, 6) is 0.978. The summed E-state index contributed by atoms with van der Waals surface area (Å²) in [5, 5.41) is 3.45. The largest absolute Gasteiger partial charge is 0.466 e. The Labute approximate surface area is 96.4 Å². The minimum Gasteiger partial charge on any atom is -0.466 e. The second-order valence-corrected chi connectivity index (χ2v) is 4.55. The Hall–Kier alpha value is -1.22. The van der Waals surface area contributed by atoms with Crippen molar-refractivity contribution < 1.29 is 4.42 Å². The molecule has 2 heterocycles. The molecular weight excluding hydrogens is 254 g/mol. The molecule has 1 N–H and O–H groups in total. The Morgan fingerprint density at radius 3 is 2.87 bits per heavy atom. The fraction of sp³-hybridized carbons (Fsp3) is 0.167. The Balaban J connectivity index is 1.94. The van der Waals surface area contributed by atoms with Crippen molar-refractivity contribution in [3.05, 3.63) is 52.4 Å². The van der Waals surface area contributed by atoms with E-state index < -0.39 is 0 Å². The van der Waals surface area contributed by atoms with Crippen molar-refractivity contribution in [3.8, 4) is 0 Å². The van der Waals surface area contributed by atoms with Crippen LogP contribution in [-0.2, 0) is 6.42 Å². The number of halogens is 1. The second-order valence-electron chi connectivity index (χ2n) is 3.69. The highest BCUT2D eigenvalue weighted by Gasteiger charge is 2.25. The molecular formula is C12H10BrNO. The van der Waals surface area contributed by atoms with Crippen LogP contribution in [0.5, 0.6) is 0 Å². The highest BCUT2D eigenvalue weighted by molar-refractivity contribution is 9.10. The molecule has 1 atom stereocenters. The van der Waals surface area contributed by atoms with E-state index in [1.165, 1.54) is 11.3 Å². The van der Waals surface area contributed by atoms with Gasteiger partial charge in [-0.15, -0.1) is 0 Å². The Morgan fingerprint density at radius 1 is 1.27 bits per heavy atom. The van der Waals surface area contributed by atoms with Crippen molar-refractivity contribution >= 4 is 21.6 Å². The van der Waals surface area contributed by atoms with E-state index in [4.69, 9.17) is 4.42 Å². The molecule has 76 valence electrons. The first-order chi connectivity index (χ1) is 7.34. The average molecular weight is 264 g/mol. The van der Waals surface area contributed by atoms with Crippen LogP contribution in [0, 0.1) is 0 Å². The summed E-state index contributed by atoms with van der Waals surface area (Å²) >= 11 is 3.49. The van der Waals surface area contributed by atoms with Crippen LogP contribution in [0.25, 0.3) is 0 Å². The number of para-hydroxylation sites is 1. The van der Waals surface area contributed by atoms with Gasteiger partial charge in [-0.25, -0.2) is 0 Å². The van der Waals surface area contributed by atoms with Crippen molar-refractivity contribution in [3.63, 3.8) is 0 Å². The van der Waals surface area contributed by atoms with E-state index in [-0.39, 0.29) is 6.04 Å². The lowest BCUT2D eigenvalue weighted by atomic mass is 10.1. The maximum Gasteiger partial charge on any atom is 0.140 e. The molecule has 0 spiro atoms. The van der Waals surface area contributed by atoms with Crippen molar-refractivity contribution in [1.29, 1.82) is 0 Å². The molecule has 1 unspecified atom stereocenters.